The summed E-state index contributed by atoms with van der Waals surface area (Å²) < 4.78 is 25.7. The summed E-state index contributed by atoms with van der Waals surface area (Å²) in [5.74, 6) is 0.623. The van der Waals surface area contributed by atoms with Gasteiger partial charge in [-0.3, -0.25) is 9.56 Å². The summed E-state index contributed by atoms with van der Waals surface area (Å²) in [6, 6.07) is 14.7. The van der Waals surface area contributed by atoms with Gasteiger partial charge in [-0.1, -0.05) is 29.8 Å². The molecule has 0 amide bonds. The molecule has 6 nitrogen and oxygen atoms in total. The van der Waals surface area contributed by atoms with Crippen LogP contribution in [0.25, 0.3) is 10.9 Å². The Bertz CT molecular complexity index is 1250. The number of benzene rings is 2. The summed E-state index contributed by atoms with van der Waals surface area (Å²) in [4.78, 5) is 4.50. The molecule has 136 valence electrons. The van der Waals surface area contributed by atoms with Crippen LogP contribution in [-0.4, -0.2) is 25.4 Å². The molecule has 1 aliphatic heterocycles. The second-order valence-corrected chi connectivity index (χ2v) is 8.20. The molecule has 2 heterocycles. The molecule has 4 rings (SSSR count). The molecule has 0 aliphatic carbocycles. The van der Waals surface area contributed by atoms with E-state index in [0.717, 1.165) is 22.2 Å². The van der Waals surface area contributed by atoms with Gasteiger partial charge in [0.1, 0.15) is 10.7 Å². The first kappa shape index (κ1) is 17.7. The molecule has 0 spiro atoms. The first-order valence-electron chi connectivity index (χ1n) is 8.27. The number of fused-ring (bicyclic) bond motifs is 3. The zero-order valence-electron chi connectivity index (χ0n) is 14.2. The van der Waals surface area contributed by atoms with E-state index in [2.05, 4.69) is 11.1 Å². The van der Waals surface area contributed by atoms with Gasteiger partial charge >= 0.3 is 0 Å². The van der Waals surface area contributed by atoms with Crippen molar-refractivity contribution in [3.63, 3.8) is 0 Å². The molecular weight excluding hydrogens is 384 g/mol. The van der Waals surface area contributed by atoms with Gasteiger partial charge in [-0.05, 0) is 29.8 Å². The van der Waals surface area contributed by atoms with Crippen LogP contribution in [-0.2, 0) is 22.9 Å². The van der Waals surface area contributed by atoms with Crippen LogP contribution < -0.4 is 5.14 Å². The molecule has 2 aromatic carbocycles. The maximum absolute atomic E-state index is 11.8. The first-order valence-corrected chi connectivity index (χ1v) is 10.2. The average molecular weight is 399 g/mol. The minimum atomic E-state index is -3.96. The topological polar surface area (TPSA) is 101 Å². The number of nitrogens with two attached hydrogens (primary N) is 1. The fraction of sp³-hybridized carbons (Fsp3) is 0.158. The van der Waals surface area contributed by atoms with E-state index < -0.39 is 10.0 Å². The highest BCUT2D eigenvalue weighted by molar-refractivity contribution is 7.89. The number of aliphatic imine (C=N–C) groups is 1. The van der Waals surface area contributed by atoms with Crippen LogP contribution in [0.1, 0.15) is 16.8 Å². The van der Waals surface area contributed by atoms with E-state index in [1.54, 1.807) is 6.07 Å². The Balaban J connectivity index is 1.99. The predicted molar refractivity (Wildman–Crippen MR) is 105 cm³/mol. The van der Waals surface area contributed by atoms with Crippen LogP contribution in [0, 0.1) is 11.3 Å². The third-order valence-corrected chi connectivity index (χ3v) is 6.05. The molecule has 0 saturated carbocycles. The number of nitrogens with zero attached hydrogens (tertiary/aromatic N) is 3. The largest absolute Gasteiger partial charge is 0.298 e. The van der Waals surface area contributed by atoms with Gasteiger partial charge in [-0.25, -0.2) is 13.6 Å². The van der Waals surface area contributed by atoms with Crippen LogP contribution >= 0.6 is 11.6 Å². The summed E-state index contributed by atoms with van der Waals surface area (Å²) in [6.07, 6.45) is 1.02. The Morgan fingerprint density at radius 3 is 2.78 bits per heavy atom. The maximum atomic E-state index is 11.8. The summed E-state index contributed by atoms with van der Waals surface area (Å²) >= 11 is 6.02. The van der Waals surface area contributed by atoms with Crippen molar-refractivity contribution in [2.75, 3.05) is 6.54 Å². The van der Waals surface area contributed by atoms with Crippen molar-refractivity contribution < 1.29 is 8.42 Å². The molecule has 0 atom stereocenters. The van der Waals surface area contributed by atoms with Gasteiger partial charge in [0.05, 0.1) is 23.0 Å². The quantitative estimate of drug-likeness (QED) is 0.733. The van der Waals surface area contributed by atoms with Gasteiger partial charge in [0.15, 0.2) is 0 Å². The molecule has 2 N–H and O–H groups in total. The smallest absolute Gasteiger partial charge is 0.239 e. The lowest BCUT2D eigenvalue weighted by Gasteiger charge is -2.19. The van der Waals surface area contributed by atoms with Crippen LogP contribution in [0.5, 0.6) is 0 Å². The molecule has 1 aromatic heterocycles. The van der Waals surface area contributed by atoms with Crippen molar-refractivity contribution in [1.82, 2.24) is 4.57 Å². The zero-order chi connectivity index (χ0) is 19.2. The van der Waals surface area contributed by atoms with Gasteiger partial charge in [0.2, 0.25) is 10.0 Å². The lowest BCUT2D eigenvalue weighted by molar-refractivity contribution is 0.598. The van der Waals surface area contributed by atoms with Gasteiger partial charge in [0.25, 0.3) is 0 Å². The molecule has 0 radical (unpaired) electrons. The second-order valence-electron chi connectivity index (χ2n) is 6.26. The molecule has 27 heavy (non-hydrogen) atoms. The SMILES string of the molecule is N#CCc1c2n(c3ccccc13)C(c1ccc(Cl)c(S(N)(=O)=O)c1)=NCC2. The molecular formula is C19H15ClN4O2S. The van der Waals surface area contributed by atoms with E-state index >= 15 is 0 Å². The molecule has 8 heteroatoms. The van der Waals surface area contributed by atoms with E-state index in [4.69, 9.17) is 16.7 Å². The molecule has 3 aromatic rings. The van der Waals surface area contributed by atoms with E-state index in [1.807, 2.05) is 28.8 Å². The number of aromatic nitrogens is 1. The third-order valence-electron chi connectivity index (χ3n) is 4.66. The Kier molecular flexibility index (Phi) is 4.27. The molecule has 0 bridgehead atoms. The van der Waals surface area contributed by atoms with Crippen molar-refractivity contribution in [3.05, 3.63) is 64.3 Å². The summed E-state index contributed by atoms with van der Waals surface area (Å²) in [5, 5.41) is 15.6. The molecule has 0 unspecified atom stereocenters. The molecule has 0 fully saturated rings. The summed E-state index contributed by atoms with van der Waals surface area (Å²) in [7, 11) is -3.96. The number of primary sulfonamides is 1. The van der Waals surface area contributed by atoms with Crippen molar-refractivity contribution >= 4 is 38.4 Å². The fourth-order valence-electron chi connectivity index (χ4n) is 3.56. The van der Waals surface area contributed by atoms with Gasteiger partial charge in [-0.15, -0.1) is 0 Å². The monoisotopic (exact) mass is 398 g/mol. The average Bonchev–Trinajstić information content (AvgIpc) is 2.96. The van der Waals surface area contributed by atoms with E-state index in [9.17, 15) is 13.7 Å². The zero-order valence-corrected chi connectivity index (χ0v) is 15.8. The minimum absolute atomic E-state index is 0.0698. The summed E-state index contributed by atoms with van der Waals surface area (Å²) in [5.41, 5.74) is 3.55. The molecule has 1 aliphatic rings. The Morgan fingerprint density at radius 1 is 1.26 bits per heavy atom. The predicted octanol–water partition coefficient (Wildman–Crippen LogP) is 2.86. The number of rotatable bonds is 3. The molecule has 0 saturated heterocycles. The highest BCUT2D eigenvalue weighted by atomic mass is 35.5. The van der Waals surface area contributed by atoms with Crippen molar-refractivity contribution in [2.45, 2.75) is 17.7 Å². The van der Waals surface area contributed by atoms with Gasteiger partial charge in [0, 0.05) is 29.6 Å². The van der Waals surface area contributed by atoms with E-state index in [-0.39, 0.29) is 9.92 Å². The van der Waals surface area contributed by atoms with Crippen molar-refractivity contribution in [1.29, 1.82) is 5.26 Å². The number of nitriles is 1. The number of halogens is 1. The number of para-hydroxylation sites is 1. The first-order chi connectivity index (χ1) is 12.9. The number of sulfonamides is 1. The third kappa shape index (κ3) is 2.92. The Labute approximate surface area is 161 Å². The lowest BCUT2D eigenvalue weighted by Crippen LogP contribution is -2.23. The van der Waals surface area contributed by atoms with Crippen molar-refractivity contribution in [3.8, 4) is 6.07 Å². The Morgan fingerprint density at radius 2 is 2.04 bits per heavy atom. The van der Waals surface area contributed by atoms with Crippen LogP contribution in [0.15, 0.2) is 52.4 Å². The number of hydrogen-bond donors (Lipinski definition) is 1. The number of hydrogen-bond acceptors (Lipinski definition) is 4. The van der Waals surface area contributed by atoms with E-state index in [1.165, 1.54) is 12.1 Å². The minimum Gasteiger partial charge on any atom is -0.298 e. The van der Waals surface area contributed by atoms with Gasteiger partial charge < -0.3 is 0 Å². The normalized spacial score (nSPS) is 13.9. The van der Waals surface area contributed by atoms with E-state index in [0.29, 0.717) is 30.8 Å². The highest BCUT2D eigenvalue weighted by Crippen LogP contribution is 2.31. The van der Waals surface area contributed by atoms with Crippen LogP contribution in [0.2, 0.25) is 5.02 Å². The fourth-order valence-corrected chi connectivity index (χ4v) is 4.63. The van der Waals surface area contributed by atoms with Crippen LogP contribution in [0.3, 0.4) is 0 Å². The van der Waals surface area contributed by atoms with Gasteiger partial charge in [-0.2, -0.15) is 5.26 Å². The summed E-state index contributed by atoms with van der Waals surface area (Å²) in [6.45, 7) is 0.553. The standard InChI is InChI=1S/C19H15ClN4O2S/c20-15-6-5-12(11-18(15)27(22,25)26)19-23-10-8-17-14(7-9-21)13-3-1-2-4-16(13)24(17)19/h1-6,11H,7-8,10H2,(H2,22,25,26). The second kappa shape index (κ2) is 6.50. The maximum Gasteiger partial charge on any atom is 0.239 e. The Hall–Kier alpha value is -2.66. The lowest BCUT2D eigenvalue weighted by atomic mass is 10.1. The highest BCUT2D eigenvalue weighted by Gasteiger charge is 2.24. The van der Waals surface area contributed by atoms with Crippen molar-refractivity contribution in [2.24, 2.45) is 10.1 Å². The van der Waals surface area contributed by atoms with Crippen LogP contribution in [0.4, 0.5) is 0 Å².